The number of fused-ring (bicyclic) bond motifs is 1. The highest BCUT2D eigenvalue weighted by atomic mass is 16.2. The molecule has 2 aliphatic carbocycles. The number of hydrogen-bond acceptors (Lipinski definition) is 7. The zero-order valence-corrected chi connectivity index (χ0v) is 24.5. The van der Waals surface area contributed by atoms with E-state index >= 15 is 0 Å². The SMILES string of the molecule is NCCCC[C@H](N)C(=O)N[C@@H](Cc1cnc[nH]1)C(=O)N[C@](C=O)(CC1CCCCC1)C(=O)C1CCCc2ccccc21. The Morgan fingerprint density at radius 3 is 2.57 bits per heavy atom. The van der Waals surface area contributed by atoms with Crippen molar-refractivity contribution >= 4 is 23.9 Å². The number of amides is 2. The molecule has 228 valence electrons. The van der Waals surface area contributed by atoms with Gasteiger partial charge in [0, 0.05) is 24.2 Å². The minimum absolute atomic E-state index is 0.103. The molecule has 7 N–H and O–H groups in total. The van der Waals surface area contributed by atoms with Crippen molar-refractivity contribution in [2.45, 2.75) is 107 Å². The van der Waals surface area contributed by atoms with Crippen molar-refractivity contribution < 1.29 is 19.2 Å². The van der Waals surface area contributed by atoms with Gasteiger partial charge in [-0.3, -0.25) is 14.4 Å². The number of carbonyl (C=O) groups excluding carboxylic acids is 4. The second-order valence-electron chi connectivity index (χ2n) is 12.0. The van der Waals surface area contributed by atoms with E-state index in [1.165, 1.54) is 6.33 Å². The van der Waals surface area contributed by atoms with Gasteiger partial charge in [0.05, 0.1) is 12.4 Å². The lowest BCUT2D eigenvalue weighted by Crippen LogP contribution is -2.63. The molecule has 1 saturated carbocycles. The van der Waals surface area contributed by atoms with Crippen LogP contribution in [0.3, 0.4) is 0 Å². The van der Waals surface area contributed by atoms with Crippen LogP contribution in [0, 0.1) is 5.92 Å². The van der Waals surface area contributed by atoms with E-state index in [0.29, 0.717) is 37.8 Å². The van der Waals surface area contributed by atoms with Crippen LogP contribution < -0.4 is 22.1 Å². The van der Waals surface area contributed by atoms with Crippen LogP contribution in [-0.4, -0.2) is 58.0 Å². The third-order valence-corrected chi connectivity index (χ3v) is 8.93. The van der Waals surface area contributed by atoms with E-state index < -0.39 is 35.4 Å². The van der Waals surface area contributed by atoms with E-state index in [1.54, 1.807) is 6.20 Å². The first kappa shape index (κ1) is 31.6. The van der Waals surface area contributed by atoms with E-state index in [1.807, 2.05) is 24.3 Å². The Balaban J connectivity index is 1.61. The maximum absolute atomic E-state index is 14.5. The van der Waals surface area contributed by atoms with Gasteiger partial charge in [-0.05, 0) is 62.1 Å². The summed E-state index contributed by atoms with van der Waals surface area (Å²) in [6.45, 7) is 0.507. The Bertz CT molecular complexity index is 1200. The fourth-order valence-corrected chi connectivity index (χ4v) is 6.58. The standard InChI is InChI=1S/C32H46N6O4/c33-16-7-6-15-27(34)30(41)37-28(17-24-19-35-21-36-24)31(42)38-32(20-39,18-22-9-2-1-3-10-22)29(40)26-14-8-12-23-11-4-5-13-25(23)26/h4-5,11,13,19-22,26-28H,1-3,6-10,12,14-18,33-34H2,(H,35,36)(H,37,41)(H,38,42)/t26?,27-,28-,32-/m0/s1. The van der Waals surface area contributed by atoms with Gasteiger partial charge in [0.25, 0.3) is 0 Å². The highest BCUT2D eigenvalue weighted by Crippen LogP contribution is 2.38. The van der Waals surface area contributed by atoms with Crippen molar-refractivity contribution in [2.75, 3.05) is 6.54 Å². The van der Waals surface area contributed by atoms with Crippen LogP contribution in [0.1, 0.15) is 93.4 Å². The maximum atomic E-state index is 14.5. The second-order valence-corrected chi connectivity index (χ2v) is 12.0. The number of H-pyrrole nitrogens is 1. The molecule has 4 atom stereocenters. The van der Waals surface area contributed by atoms with Crippen LogP contribution in [0.4, 0.5) is 0 Å². The third-order valence-electron chi connectivity index (χ3n) is 8.93. The number of nitrogens with zero attached hydrogens (tertiary/aromatic N) is 1. The van der Waals surface area contributed by atoms with Gasteiger partial charge in [-0.2, -0.15) is 0 Å². The molecule has 42 heavy (non-hydrogen) atoms. The molecule has 2 amide bonds. The lowest BCUT2D eigenvalue weighted by Gasteiger charge is -2.38. The Morgan fingerprint density at radius 2 is 1.86 bits per heavy atom. The summed E-state index contributed by atoms with van der Waals surface area (Å²) in [7, 11) is 0. The summed E-state index contributed by atoms with van der Waals surface area (Å²) in [6, 6.07) is 6.00. The Kier molecular flexibility index (Phi) is 11.4. The second kappa shape index (κ2) is 15.2. The highest BCUT2D eigenvalue weighted by Gasteiger charge is 2.47. The molecule has 1 unspecified atom stereocenters. The summed E-state index contributed by atoms with van der Waals surface area (Å²) in [5.41, 5.74) is 12.7. The smallest absolute Gasteiger partial charge is 0.244 e. The molecule has 4 rings (SSSR count). The number of aromatic amines is 1. The number of unbranched alkanes of at least 4 members (excludes halogenated alkanes) is 1. The van der Waals surface area contributed by atoms with E-state index in [2.05, 4.69) is 20.6 Å². The molecule has 0 spiro atoms. The van der Waals surface area contributed by atoms with Gasteiger partial charge in [0.15, 0.2) is 17.6 Å². The normalized spacial score (nSPS) is 20.0. The largest absolute Gasteiger partial charge is 0.348 e. The average molecular weight is 579 g/mol. The molecule has 10 heteroatoms. The van der Waals surface area contributed by atoms with Crippen LogP contribution in [-0.2, 0) is 32.0 Å². The van der Waals surface area contributed by atoms with Gasteiger partial charge in [-0.15, -0.1) is 0 Å². The van der Waals surface area contributed by atoms with Crippen molar-refractivity contribution in [3.8, 4) is 0 Å². The Morgan fingerprint density at radius 1 is 1.07 bits per heavy atom. The maximum Gasteiger partial charge on any atom is 0.244 e. The lowest BCUT2D eigenvalue weighted by atomic mass is 9.70. The summed E-state index contributed by atoms with van der Waals surface area (Å²) < 4.78 is 0. The highest BCUT2D eigenvalue weighted by molar-refractivity contribution is 6.09. The topological polar surface area (TPSA) is 173 Å². The lowest BCUT2D eigenvalue weighted by molar-refractivity contribution is -0.140. The molecule has 1 aromatic carbocycles. The number of Topliss-reactive ketones (excluding diaryl/α,β-unsaturated/α-hetero) is 1. The van der Waals surface area contributed by atoms with Gasteiger partial charge >= 0.3 is 0 Å². The Hall–Kier alpha value is -3.37. The number of nitrogens with two attached hydrogens (primary N) is 2. The Labute approximate surface area is 248 Å². The minimum Gasteiger partial charge on any atom is -0.348 e. The van der Waals surface area contributed by atoms with Crippen LogP contribution in [0.2, 0.25) is 0 Å². The quantitative estimate of drug-likeness (QED) is 0.123. The molecule has 1 heterocycles. The van der Waals surface area contributed by atoms with E-state index in [4.69, 9.17) is 11.5 Å². The minimum atomic E-state index is -1.70. The number of benzene rings is 1. The summed E-state index contributed by atoms with van der Waals surface area (Å²) >= 11 is 0. The molecule has 1 fully saturated rings. The first-order chi connectivity index (χ1) is 20.4. The number of imidazole rings is 1. The predicted octanol–water partition coefficient (Wildman–Crippen LogP) is 2.61. The number of rotatable bonds is 15. The van der Waals surface area contributed by atoms with Gasteiger partial charge in [-0.25, -0.2) is 4.98 Å². The zero-order valence-electron chi connectivity index (χ0n) is 24.5. The molecule has 2 aliphatic rings. The molecule has 1 aromatic heterocycles. The number of aryl methyl sites for hydroxylation is 1. The van der Waals surface area contributed by atoms with Crippen LogP contribution in [0.25, 0.3) is 0 Å². The molecule has 0 saturated heterocycles. The number of nitrogens with one attached hydrogen (secondary N) is 3. The zero-order chi connectivity index (χ0) is 30.0. The third kappa shape index (κ3) is 7.92. The van der Waals surface area contributed by atoms with Crippen LogP contribution >= 0.6 is 0 Å². The van der Waals surface area contributed by atoms with Crippen molar-refractivity contribution in [3.05, 3.63) is 53.6 Å². The summed E-state index contributed by atoms with van der Waals surface area (Å²) in [5.74, 6) is -1.67. The van der Waals surface area contributed by atoms with Gasteiger partial charge in [-0.1, -0.05) is 62.8 Å². The first-order valence-corrected chi connectivity index (χ1v) is 15.5. The fraction of sp³-hybridized carbons (Fsp3) is 0.594. The summed E-state index contributed by atoms with van der Waals surface area (Å²) in [5, 5.41) is 5.69. The van der Waals surface area contributed by atoms with E-state index in [0.717, 1.165) is 62.5 Å². The monoisotopic (exact) mass is 578 g/mol. The van der Waals surface area contributed by atoms with Crippen molar-refractivity contribution in [1.82, 2.24) is 20.6 Å². The number of hydrogen-bond donors (Lipinski definition) is 5. The van der Waals surface area contributed by atoms with Crippen LogP contribution in [0.5, 0.6) is 0 Å². The summed E-state index contributed by atoms with van der Waals surface area (Å²) in [4.78, 5) is 61.6. The van der Waals surface area contributed by atoms with Gasteiger partial charge in [0.1, 0.15) is 6.04 Å². The molecule has 0 radical (unpaired) electrons. The molecule has 2 aromatic rings. The molecule has 0 bridgehead atoms. The first-order valence-electron chi connectivity index (χ1n) is 15.5. The van der Waals surface area contributed by atoms with Gasteiger partial charge < -0.3 is 31.9 Å². The average Bonchev–Trinajstić information content (AvgIpc) is 3.53. The van der Waals surface area contributed by atoms with Crippen LogP contribution in [0.15, 0.2) is 36.8 Å². The molecule has 0 aliphatic heterocycles. The molecular formula is C32H46N6O4. The van der Waals surface area contributed by atoms with Gasteiger partial charge in [0.2, 0.25) is 11.8 Å². The van der Waals surface area contributed by atoms with Crippen molar-refractivity contribution in [2.24, 2.45) is 17.4 Å². The number of aldehydes is 1. The number of ketones is 1. The number of aromatic nitrogens is 2. The van der Waals surface area contributed by atoms with E-state index in [-0.39, 0.29) is 24.5 Å². The van der Waals surface area contributed by atoms with E-state index in [9.17, 15) is 19.2 Å². The van der Waals surface area contributed by atoms with Crippen molar-refractivity contribution in [1.29, 1.82) is 0 Å². The summed E-state index contributed by atoms with van der Waals surface area (Å²) in [6.07, 6.45) is 13.3. The number of carbonyl (C=O) groups is 4. The van der Waals surface area contributed by atoms with Crippen molar-refractivity contribution in [3.63, 3.8) is 0 Å². The molecule has 10 nitrogen and oxygen atoms in total. The fourth-order valence-electron chi connectivity index (χ4n) is 6.58. The predicted molar refractivity (Wildman–Crippen MR) is 160 cm³/mol. The molecular weight excluding hydrogens is 532 g/mol.